The average Bonchev–Trinajstić information content (AvgIpc) is 2.67. The highest BCUT2D eigenvalue weighted by molar-refractivity contribution is 5.89. The SMILES string of the molecule is Cc1cc(C)n(CC(=O)Nc2cccc(C(F)(F)F)n2)n1. The number of amides is 1. The average molecular weight is 298 g/mol. The van der Waals surface area contributed by atoms with E-state index in [1.807, 2.05) is 0 Å². The number of pyridine rings is 1. The van der Waals surface area contributed by atoms with E-state index in [4.69, 9.17) is 0 Å². The van der Waals surface area contributed by atoms with Gasteiger partial charge in [-0.25, -0.2) is 4.98 Å². The van der Waals surface area contributed by atoms with Crippen LogP contribution >= 0.6 is 0 Å². The van der Waals surface area contributed by atoms with Crippen molar-refractivity contribution in [1.82, 2.24) is 14.8 Å². The van der Waals surface area contributed by atoms with Gasteiger partial charge in [0.1, 0.15) is 18.1 Å². The van der Waals surface area contributed by atoms with Crippen LogP contribution in [0, 0.1) is 13.8 Å². The highest BCUT2D eigenvalue weighted by Crippen LogP contribution is 2.28. The van der Waals surface area contributed by atoms with Crippen molar-refractivity contribution < 1.29 is 18.0 Å². The van der Waals surface area contributed by atoms with Crippen LogP contribution in [0.25, 0.3) is 0 Å². The number of nitrogens with one attached hydrogen (secondary N) is 1. The third-order valence-electron chi connectivity index (χ3n) is 2.70. The number of carbonyl (C=O) groups excluding carboxylic acids is 1. The maximum absolute atomic E-state index is 12.5. The normalized spacial score (nSPS) is 11.5. The van der Waals surface area contributed by atoms with Gasteiger partial charge >= 0.3 is 6.18 Å². The van der Waals surface area contributed by atoms with Crippen LogP contribution in [0.1, 0.15) is 17.1 Å². The van der Waals surface area contributed by atoms with Crippen molar-refractivity contribution in [2.75, 3.05) is 5.32 Å². The molecule has 112 valence electrons. The van der Waals surface area contributed by atoms with E-state index < -0.39 is 17.8 Å². The maximum Gasteiger partial charge on any atom is 0.433 e. The van der Waals surface area contributed by atoms with Gasteiger partial charge in [-0.05, 0) is 32.0 Å². The first-order valence-electron chi connectivity index (χ1n) is 6.11. The summed E-state index contributed by atoms with van der Waals surface area (Å²) in [4.78, 5) is 15.2. The molecule has 21 heavy (non-hydrogen) atoms. The van der Waals surface area contributed by atoms with Gasteiger partial charge in [-0.15, -0.1) is 0 Å². The zero-order chi connectivity index (χ0) is 15.6. The molecule has 0 spiro atoms. The minimum Gasteiger partial charge on any atom is -0.309 e. The molecular weight excluding hydrogens is 285 g/mol. The van der Waals surface area contributed by atoms with Crippen molar-refractivity contribution in [3.05, 3.63) is 41.3 Å². The molecule has 0 aliphatic heterocycles. The minimum atomic E-state index is -4.55. The molecule has 0 bridgehead atoms. The number of hydrogen-bond donors (Lipinski definition) is 1. The van der Waals surface area contributed by atoms with Gasteiger partial charge in [0.15, 0.2) is 0 Å². The first-order chi connectivity index (χ1) is 9.75. The fourth-order valence-electron chi connectivity index (χ4n) is 1.82. The third kappa shape index (κ3) is 3.80. The highest BCUT2D eigenvalue weighted by Gasteiger charge is 2.32. The Morgan fingerprint density at radius 1 is 1.33 bits per heavy atom. The molecule has 0 fully saturated rings. The van der Waals surface area contributed by atoms with Crippen LogP contribution in [0.2, 0.25) is 0 Å². The molecule has 2 aromatic heterocycles. The van der Waals surface area contributed by atoms with Gasteiger partial charge < -0.3 is 5.32 Å². The predicted molar refractivity (Wildman–Crippen MR) is 69.6 cm³/mol. The summed E-state index contributed by atoms with van der Waals surface area (Å²) in [5, 5.41) is 6.43. The Morgan fingerprint density at radius 2 is 2.05 bits per heavy atom. The lowest BCUT2D eigenvalue weighted by atomic mass is 10.3. The number of aromatic nitrogens is 3. The monoisotopic (exact) mass is 298 g/mol. The van der Waals surface area contributed by atoms with Crippen LogP contribution in [0.4, 0.5) is 19.0 Å². The van der Waals surface area contributed by atoms with Gasteiger partial charge in [0.05, 0.1) is 5.69 Å². The summed E-state index contributed by atoms with van der Waals surface area (Å²) in [7, 11) is 0. The van der Waals surface area contributed by atoms with E-state index in [0.717, 1.165) is 17.5 Å². The predicted octanol–water partition coefficient (Wildman–Crippen LogP) is 2.55. The van der Waals surface area contributed by atoms with Crippen molar-refractivity contribution in [3.8, 4) is 0 Å². The van der Waals surface area contributed by atoms with Crippen LogP contribution < -0.4 is 5.32 Å². The lowest BCUT2D eigenvalue weighted by molar-refractivity contribution is -0.141. The summed E-state index contributed by atoms with van der Waals surface area (Å²) < 4.78 is 39.0. The number of anilines is 1. The summed E-state index contributed by atoms with van der Waals surface area (Å²) in [6, 6.07) is 5.13. The lowest BCUT2D eigenvalue weighted by Crippen LogP contribution is -2.21. The first-order valence-corrected chi connectivity index (χ1v) is 6.11. The number of carbonyl (C=O) groups is 1. The van der Waals surface area contributed by atoms with E-state index in [1.165, 1.54) is 16.8 Å². The van der Waals surface area contributed by atoms with Crippen LogP contribution in [0.3, 0.4) is 0 Å². The van der Waals surface area contributed by atoms with Crippen molar-refractivity contribution in [3.63, 3.8) is 0 Å². The second-order valence-electron chi connectivity index (χ2n) is 4.54. The fourth-order valence-corrected chi connectivity index (χ4v) is 1.82. The van der Waals surface area contributed by atoms with Crippen molar-refractivity contribution >= 4 is 11.7 Å². The molecule has 0 saturated heterocycles. The Hall–Kier alpha value is -2.38. The molecule has 2 rings (SSSR count). The zero-order valence-corrected chi connectivity index (χ0v) is 11.4. The Morgan fingerprint density at radius 3 is 2.62 bits per heavy atom. The van der Waals surface area contributed by atoms with E-state index >= 15 is 0 Å². The van der Waals surface area contributed by atoms with Crippen molar-refractivity contribution in [2.45, 2.75) is 26.6 Å². The zero-order valence-electron chi connectivity index (χ0n) is 11.4. The third-order valence-corrected chi connectivity index (χ3v) is 2.70. The van der Waals surface area contributed by atoms with E-state index in [2.05, 4.69) is 15.4 Å². The summed E-state index contributed by atoms with van der Waals surface area (Å²) in [6.45, 7) is 3.49. The topological polar surface area (TPSA) is 59.8 Å². The van der Waals surface area contributed by atoms with Crippen molar-refractivity contribution in [1.29, 1.82) is 0 Å². The molecule has 2 heterocycles. The van der Waals surface area contributed by atoms with Gasteiger partial charge in [-0.2, -0.15) is 18.3 Å². The number of alkyl halides is 3. The first kappa shape index (κ1) is 15.0. The Kier molecular flexibility index (Phi) is 3.97. The second-order valence-corrected chi connectivity index (χ2v) is 4.54. The minimum absolute atomic E-state index is 0.0857. The van der Waals surface area contributed by atoms with Gasteiger partial charge in [-0.3, -0.25) is 9.48 Å². The summed E-state index contributed by atoms with van der Waals surface area (Å²) in [5.74, 6) is -0.635. The number of hydrogen-bond acceptors (Lipinski definition) is 3. The molecule has 0 unspecified atom stereocenters. The molecule has 8 heteroatoms. The number of halogens is 3. The molecule has 0 saturated carbocycles. The number of nitrogens with zero attached hydrogens (tertiary/aromatic N) is 3. The molecule has 5 nitrogen and oxygen atoms in total. The van der Waals surface area contributed by atoms with Crippen LogP contribution in [0.5, 0.6) is 0 Å². The fraction of sp³-hybridized carbons (Fsp3) is 0.308. The standard InChI is InChI=1S/C13H13F3N4O/c1-8-6-9(2)20(19-8)7-12(21)18-11-5-3-4-10(17-11)13(14,15)16/h3-6H,7H2,1-2H3,(H,17,18,21). The van der Waals surface area contributed by atoms with E-state index in [0.29, 0.717) is 0 Å². The second kappa shape index (κ2) is 5.55. The Labute approximate surface area is 118 Å². The van der Waals surface area contributed by atoms with Gasteiger partial charge in [-0.1, -0.05) is 6.07 Å². The molecule has 1 N–H and O–H groups in total. The molecule has 0 aliphatic carbocycles. The Bertz CT molecular complexity index is 664. The van der Waals surface area contributed by atoms with Gasteiger partial charge in [0, 0.05) is 5.69 Å². The van der Waals surface area contributed by atoms with Crippen LogP contribution in [-0.4, -0.2) is 20.7 Å². The molecule has 2 aromatic rings. The summed E-state index contributed by atoms with van der Waals surface area (Å²) in [5.41, 5.74) is 0.503. The Balaban J connectivity index is 2.08. The number of rotatable bonds is 3. The van der Waals surface area contributed by atoms with E-state index in [9.17, 15) is 18.0 Å². The quantitative estimate of drug-likeness (QED) is 0.947. The maximum atomic E-state index is 12.5. The van der Waals surface area contributed by atoms with E-state index in [1.54, 1.807) is 19.9 Å². The van der Waals surface area contributed by atoms with E-state index in [-0.39, 0.29) is 12.4 Å². The molecule has 0 radical (unpaired) electrons. The lowest BCUT2D eigenvalue weighted by Gasteiger charge is -2.09. The molecule has 0 aliphatic rings. The summed E-state index contributed by atoms with van der Waals surface area (Å²) >= 11 is 0. The van der Waals surface area contributed by atoms with Gasteiger partial charge in [0.25, 0.3) is 0 Å². The highest BCUT2D eigenvalue weighted by atomic mass is 19.4. The van der Waals surface area contributed by atoms with Crippen molar-refractivity contribution in [2.24, 2.45) is 0 Å². The molecule has 1 amide bonds. The molecule has 0 aromatic carbocycles. The van der Waals surface area contributed by atoms with Crippen LogP contribution in [0.15, 0.2) is 24.3 Å². The molecular formula is C13H13F3N4O. The smallest absolute Gasteiger partial charge is 0.309 e. The van der Waals surface area contributed by atoms with Crippen LogP contribution in [-0.2, 0) is 17.5 Å². The largest absolute Gasteiger partial charge is 0.433 e. The summed E-state index contributed by atoms with van der Waals surface area (Å²) in [6.07, 6.45) is -4.55. The number of aryl methyl sites for hydroxylation is 2. The van der Waals surface area contributed by atoms with Gasteiger partial charge in [0.2, 0.25) is 5.91 Å². The molecule has 0 atom stereocenters.